The number of ether oxygens (including phenoxy) is 2. The summed E-state index contributed by atoms with van der Waals surface area (Å²) in [6, 6.07) is 23.0. The summed E-state index contributed by atoms with van der Waals surface area (Å²) in [7, 11) is 0. The highest BCUT2D eigenvalue weighted by molar-refractivity contribution is 5.91. The lowest BCUT2D eigenvalue weighted by atomic mass is 10.1. The first-order valence-electron chi connectivity index (χ1n) is 9.55. The molecule has 3 aromatic rings. The fourth-order valence-corrected chi connectivity index (χ4v) is 2.64. The second kappa shape index (κ2) is 10.6. The number of hydrazone groups is 1. The molecule has 0 atom stereocenters. The van der Waals surface area contributed by atoms with E-state index in [9.17, 15) is 9.59 Å². The topological polar surface area (TPSA) is 77.0 Å². The highest BCUT2D eigenvalue weighted by atomic mass is 16.5. The van der Waals surface area contributed by atoms with Crippen molar-refractivity contribution in [3.63, 3.8) is 0 Å². The third-order valence-corrected chi connectivity index (χ3v) is 4.10. The van der Waals surface area contributed by atoms with Crippen LogP contribution < -0.4 is 14.9 Å². The van der Waals surface area contributed by atoms with E-state index in [-0.39, 0.29) is 12.3 Å². The van der Waals surface area contributed by atoms with Gasteiger partial charge in [-0.15, -0.1) is 0 Å². The number of benzene rings is 3. The summed E-state index contributed by atoms with van der Waals surface area (Å²) >= 11 is 0. The molecule has 0 spiro atoms. The standard InChI is InChI=1S/C24H22N2O4/c1-2-29-21-14-10-20(11-15-21)24(28)30-22-12-8-19(9-13-22)17-25-26-23(27)16-18-6-4-3-5-7-18/h3-15,17H,2,16H2,1H3,(H,26,27). The molecule has 3 aromatic carbocycles. The molecule has 6 nitrogen and oxygen atoms in total. The van der Waals surface area contributed by atoms with Gasteiger partial charge in [-0.25, -0.2) is 10.2 Å². The lowest BCUT2D eigenvalue weighted by Crippen LogP contribution is -2.19. The van der Waals surface area contributed by atoms with Crippen LogP contribution in [0.1, 0.15) is 28.4 Å². The maximum Gasteiger partial charge on any atom is 0.343 e. The Balaban J connectivity index is 1.50. The zero-order valence-electron chi connectivity index (χ0n) is 16.6. The number of hydrogen-bond acceptors (Lipinski definition) is 5. The van der Waals surface area contributed by atoms with Crippen LogP contribution in [0.2, 0.25) is 0 Å². The Morgan fingerprint density at radius 1 is 0.900 bits per heavy atom. The average molecular weight is 402 g/mol. The van der Waals surface area contributed by atoms with Crippen molar-refractivity contribution in [3.8, 4) is 11.5 Å². The zero-order valence-corrected chi connectivity index (χ0v) is 16.6. The molecule has 6 heteroatoms. The molecule has 0 aliphatic carbocycles. The first-order valence-corrected chi connectivity index (χ1v) is 9.55. The van der Waals surface area contributed by atoms with Gasteiger partial charge >= 0.3 is 5.97 Å². The SMILES string of the molecule is CCOc1ccc(C(=O)Oc2ccc(C=NNC(=O)Cc3ccccc3)cc2)cc1. The minimum atomic E-state index is -0.451. The predicted molar refractivity (Wildman–Crippen MR) is 115 cm³/mol. The van der Waals surface area contributed by atoms with Crippen LogP contribution in [0.4, 0.5) is 0 Å². The van der Waals surface area contributed by atoms with Gasteiger partial charge in [-0.1, -0.05) is 30.3 Å². The summed E-state index contributed by atoms with van der Waals surface area (Å²) in [4.78, 5) is 24.1. The Morgan fingerprint density at radius 2 is 1.57 bits per heavy atom. The predicted octanol–water partition coefficient (Wildman–Crippen LogP) is 4.00. The van der Waals surface area contributed by atoms with E-state index in [0.29, 0.717) is 23.7 Å². The molecule has 1 amide bonds. The van der Waals surface area contributed by atoms with Crippen LogP contribution in [0.5, 0.6) is 11.5 Å². The molecule has 3 rings (SSSR count). The normalized spacial score (nSPS) is 10.6. The number of nitrogens with zero attached hydrogens (tertiary/aromatic N) is 1. The first kappa shape index (κ1) is 20.8. The van der Waals surface area contributed by atoms with Crippen LogP contribution in [0, 0.1) is 0 Å². The van der Waals surface area contributed by atoms with Gasteiger partial charge in [0.1, 0.15) is 11.5 Å². The molecular formula is C24H22N2O4. The first-order chi connectivity index (χ1) is 14.6. The van der Waals surface area contributed by atoms with Gasteiger partial charge in [-0.2, -0.15) is 5.10 Å². The molecule has 0 unspecified atom stereocenters. The fraction of sp³-hybridized carbons (Fsp3) is 0.125. The second-order valence-electron chi connectivity index (χ2n) is 6.37. The van der Waals surface area contributed by atoms with Crippen LogP contribution >= 0.6 is 0 Å². The molecule has 30 heavy (non-hydrogen) atoms. The maximum atomic E-state index is 12.2. The number of esters is 1. The Hall–Kier alpha value is -3.93. The molecule has 0 bridgehead atoms. The monoisotopic (exact) mass is 402 g/mol. The average Bonchev–Trinajstić information content (AvgIpc) is 2.76. The molecule has 0 saturated carbocycles. The summed E-state index contributed by atoms with van der Waals surface area (Å²) in [5, 5.41) is 3.96. The van der Waals surface area contributed by atoms with Crippen molar-refractivity contribution < 1.29 is 19.1 Å². The van der Waals surface area contributed by atoms with Crippen LogP contribution in [-0.4, -0.2) is 24.7 Å². The van der Waals surface area contributed by atoms with Crippen molar-refractivity contribution in [3.05, 3.63) is 95.6 Å². The molecule has 0 fully saturated rings. The van der Waals surface area contributed by atoms with Crippen LogP contribution in [-0.2, 0) is 11.2 Å². The van der Waals surface area contributed by atoms with Crippen molar-refractivity contribution >= 4 is 18.1 Å². The molecule has 152 valence electrons. The van der Waals surface area contributed by atoms with E-state index < -0.39 is 5.97 Å². The van der Waals surface area contributed by atoms with Crippen LogP contribution in [0.15, 0.2) is 84.0 Å². The number of carbonyl (C=O) groups excluding carboxylic acids is 2. The van der Waals surface area contributed by atoms with Crippen molar-refractivity contribution in [1.29, 1.82) is 0 Å². The number of amides is 1. The van der Waals surface area contributed by atoms with E-state index in [1.54, 1.807) is 48.5 Å². The third-order valence-electron chi connectivity index (χ3n) is 4.10. The molecular weight excluding hydrogens is 380 g/mol. The van der Waals surface area contributed by atoms with Gasteiger partial charge in [0, 0.05) is 0 Å². The molecule has 0 saturated heterocycles. The Labute approximate surface area is 175 Å². The summed E-state index contributed by atoms with van der Waals surface area (Å²) in [5.41, 5.74) is 4.61. The summed E-state index contributed by atoms with van der Waals surface area (Å²) in [5.74, 6) is 0.471. The van der Waals surface area contributed by atoms with Gasteiger partial charge < -0.3 is 9.47 Å². The fourth-order valence-electron chi connectivity index (χ4n) is 2.64. The Bertz CT molecular complexity index is 998. The molecule has 0 radical (unpaired) electrons. The van der Waals surface area contributed by atoms with Gasteiger partial charge in [0.05, 0.1) is 24.8 Å². The largest absolute Gasteiger partial charge is 0.494 e. The van der Waals surface area contributed by atoms with E-state index in [4.69, 9.17) is 9.47 Å². The van der Waals surface area contributed by atoms with Crippen molar-refractivity contribution in [1.82, 2.24) is 5.43 Å². The molecule has 0 aliphatic heterocycles. The Morgan fingerprint density at radius 3 is 2.23 bits per heavy atom. The van der Waals surface area contributed by atoms with Crippen LogP contribution in [0.25, 0.3) is 0 Å². The van der Waals surface area contributed by atoms with E-state index in [1.165, 1.54) is 6.21 Å². The van der Waals surface area contributed by atoms with Gasteiger partial charge in [0.25, 0.3) is 0 Å². The van der Waals surface area contributed by atoms with E-state index in [2.05, 4.69) is 10.5 Å². The van der Waals surface area contributed by atoms with Gasteiger partial charge in [-0.3, -0.25) is 4.79 Å². The zero-order chi connectivity index (χ0) is 21.2. The summed E-state index contributed by atoms with van der Waals surface area (Å²) in [6.07, 6.45) is 1.79. The van der Waals surface area contributed by atoms with Crippen molar-refractivity contribution in [2.24, 2.45) is 5.10 Å². The van der Waals surface area contributed by atoms with Gasteiger partial charge in [-0.05, 0) is 66.6 Å². The molecule has 0 heterocycles. The number of rotatable bonds is 8. The number of hydrogen-bond donors (Lipinski definition) is 1. The number of carbonyl (C=O) groups is 2. The van der Waals surface area contributed by atoms with E-state index in [0.717, 1.165) is 11.1 Å². The highest BCUT2D eigenvalue weighted by Crippen LogP contribution is 2.16. The highest BCUT2D eigenvalue weighted by Gasteiger charge is 2.08. The lowest BCUT2D eigenvalue weighted by Gasteiger charge is -2.06. The summed E-state index contributed by atoms with van der Waals surface area (Å²) in [6.45, 7) is 2.46. The van der Waals surface area contributed by atoms with Crippen molar-refractivity contribution in [2.45, 2.75) is 13.3 Å². The Kier molecular flexibility index (Phi) is 7.33. The lowest BCUT2D eigenvalue weighted by molar-refractivity contribution is -0.120. The number of nitrogens with one attached hydrogen (secondary N) is 1. The van der Waals surface area contributed by atoms with Crippen LogP contribution in [0.3, 0.4) is 0 Å². The minimum Gasteiger partial charge on any atom is -0.494 e. The van der Waals surface area contributed by atoms with E-state index >= 15 is 0 Å². The second-order valence-corrected chi connectivity index (χ2v) is 6.37. The summed E-state index contributed by atoms with van der Waals surface area (Å²) < 4.78 is 10.7. The third kappa shape index (κ3) is 6.31. The minimum absolute atomic E-state index is 0.196. The van der Waals surface area contributed by atoms with Gasteiger partial charge in [0.2, 0.25) is 5.91 Å². The molecule has 1 N–H and O–H groups in total. The smallest absolute Gasteiger partial charge is 0.343 e. The van der Waals surface area contributed by atoms with Crippen molar-refractivity contribution in [2.75, 3.05) is 6.61 Å². The quantitative estimate of drug-likeness (QED) is 0.267. The van der Waals surface area contributed by atoms with Gasteiger partial charge in [0.15, 0.2) is 0 Å². The van der Waals surface area contributed by atoms with E-state index in [1.807, 2.05) is 37.3 Å². The maximum absolute atomic E-state index is 12.2. The molecule has 0 aliphatic rings. The molecule has 0 aromatic heterocycles.